The van der Waals surface area contributed by atoms with Crippen molar-refractivity contribution < 1.29 is 9.90 Å². The van der Waals surface area contributed by atoms with E-state index in [1.807, 2.05) is 54.3 Å². The van der Waals surface area contributed by atoms with Crippen molar-refractivity contribution in [3.63, 3.8) is 0 Å². The SMILES string of the molecule is CCC(=O)N(c1ccccc1)C1CCN(C(O)c2cc3ccccc3s2)CC1. The molecule has 5 heteroatoms. The van der Waals surface area contributed by atoms with E-state index < -0.39 is 6.23 Å². The topological polar surface area (TPSA) is 43.8 Å². The lowest BCUT2D eigenvalue weighted by atomic mass is 10.0. The summed E-state index contributed by atoms with van der Waals surface area (Å²) in [6, 6.07) is 20.5. The number of anilines is 1. The Labute approximate surface area is 170 Å². The number of aliphatic hydroxyl groups excluding tert-OH is 1. The van der Waals surface area contributed by atoms with Crippen LogP contribution in [0, 0.1) is 0 Å². The van der Waals surface area contributed by atoms with Crippen molar-refractivity contribution in [3.8, 4) is 0 Å². The maximum absolute atomic E-state index is 12.6. The number of aliphatic hydroxyl groups is 1. The van der Waals surface area contributed by atoms with Gasteiger partial charge in [0, 0.05) is 40.8 Å². The second-order valence-corrected chi connectivity index (χ2v) is 8.40. The zero-order valence-electron chi connectivity index (χ0n) is 16.1. The van der Waals surface area contributed by atoms with Gasteiger partial charge in [0.2, 0.25) is 5.91 Å². The van der Waals surface area contributed by atoms with Crippen molar-refractivity contribution in [1.82, 2.24) is 4.90 Å². The molecule has 0 bridgehead atoms. The van der Waals surface area contributed by atoms with E-state index in [0.717, 1.165) is 36.5 Å². The number of carbonyl (C=O) groups excluding carboxylic acids is 1. The largest absolute Gasteiger partial charge is 0.373 e. The van der Waals surface area contributed by atoms with E-state index in [1.165, 1.54) is 10.1 Å². The fourth-order valence-electron chi connectivity index (χ4n) is 4.02. The Hall–Kier alpha value is -2.21. The number of thiophene rings is 1. The molecule has 4 rings (SSSR count). The highest BCUT2D eigenvalue weighted by Gasteiger charge is 2.31. The Balaban J connectivity index is 1.46. The number of hydrogen-bond acceptors (Lipinski definition) is 4. The van der Waals surface area contributed by atoms with E-state index in [9.17, 15) is 9.90 Å². The molecule has 0 saturated carbocycles. The van der Waals surface area contributed by atoms with Crippen LogP contribution in [0.5, 0.6) is 0 Å². The molecule has 1 unspecified atom stereocenters. The Kier molecular flexibility index (Phi) is 5.76. The number of amides is 1. The van der Waals surface area contributed by atoms with Crippen LogP contribution in [-0.2, 0) is 4.79 Å². The van der Waals surface area contributed by atoms with Crippen molar-refractivity contribution >= 4 is 33.0 Å². The van der Waals surface area contributed by atoms with Crippen LogP contribution >= 0.6 is 11.3 Å². The van der Waals surface area contributed by atoms with Gasteiger partial charge in [0.15, 0.2) is 0 Å². The average Bonchev–Trinajstić information content (AvgIpc) is 3.19. The minimum absolute atomic E-state index is 0.162. The van der Waals surface area contributed by atoms with Crippen LogP contribution in [0.25, 0.3) is 10.1 Å². The van der Waals surface area contributed by atoms with Crippen LogP contribution in [0.1, 0.15) is 37.3 Å². The Morgan fingerprint density at radius 1 is 1.14 bits per heavy atom. The van der Waals surface area contributed by atoms with E-state index in [0.29, 0.717) is 6.42 Å². The number of likely N-dealkylation sites (tertiary alicyclic amines) is 1. The molecule has 1 N–H and O–H groups in total. The van der Waals surface area contributed by atoms with Crippen LogP contribution in [0.2, 0.25) is 0 Å². The molecule has 146 valence electrons. The number of rotatable bonds is 5. The van der Waals surface area contributed by atoms with Gasteiger partial charge in [-0.1, -0.05) is 43.3 Å². The molecule has 1 aromatic heterocycles. The molecule has 1 atom stereocenters. The monoisotopic (exact) mass is 394 g/mol. The smallest absolute Gasteiger partial charge is 0.226 e. The molecule has 1 saturated heterocycles. The number of benzene rings is 2. The Morgan fingerprint density at radius 3 is 2.50 bits per heavy atom. The van der Waals surface area contributed by atoms with Gasteiger partial charge in [0.1, 0.15) is 6.23 Å². The van der Waals surface area contributed by atoms with Gasteiger partial charge in [-0.15, -0.1) is 11.3 Å². The number of piperidine rings is 1. The molecule has 1 amide bonds. The minimum atomic E-state index is -0.578. The minimum Gasteiger partial charge on any atom is -0.373 e. The van der Waals surface area contributed by atoms with E-state index >= 15 is 0 Å². The molecular formula is C23H26N2O2S. The summed E-state index contributed by atoms with van der Waals surface area (Å²) in [5.74, 6) is 0.162. The summed E-state index contributed by atoms with van der Waals surface area (Å²) >= 11 is 1.66. The van der Waals surface area contributed by atoms with E-state index in [-0.39, 0.29) is 11.9 Å². The Bertz CT molecular complexity index is 899. The van der Waals surface area contributed by atoms with Gasteiger partial charge in [0.25, 0.3) is 0 Å². The molecule has 28 heavy (non-hydrogen) atoms. The van der Waals surface area contributed by atoms with E-state index in [2.05, 4.69) is 23.1 Å². The molecule has 1 aliphatic rings. The molecule has 1 fully saturated rings. The van der Waals surface area contributed by atoms with Gasteiger partial charge in [-0.2, -0.15) is 0 Å². The summed E-state index contributed by atoms with van der Waals surface area (Å²) in [7, 11) is 0. The summed E-state index contributed by atoms with van der Waals surface area (Å²) in [4.78, 5) is 17.7. The summed E-state index contributed by atoms with van der Waals surface area (Å²) in [5, 5.41) is 12.1. The first kappa shape index (κ1) is 19.1. The molecule has 3 aromatic rings. The first-order valence-corrected chi connectivity index (χ1v) is 10.8. The maximum atomic E-state index is 12.6. The number of para-hydroxylation sites is 1. The molecular weight excluding hydrogens is 368 g/mol. The predicted octanol–water partition coefficient (Wildman–Crippen LogP) is 4.80. The molecule has 0 radical (unpaired) electrons. The molecule has 2 heterocycles. The lowest BCUT2D eigenvalue weighted by Gasteiger charge is -2.40. The first-order chi connectivity index (χ1) is 13.7. The van der Waals surface area contributed by atoms with Crippen molar-refractivity contribution in [2.45, 2.75) is 38.5 Å². The predicted molar refractivity (Wildman–Crippen MR) is 116 cm³/mol. The second-order valence-electron chi connectivity index (χ2n) is 7.28. The van der Waals surface area contributed by atoms with E-state index in [1.54, 1.807) is 11.3 Å². The second kappa shape index (κ2) is 8.43. The zero-order valence-corrected chi connectivity index (χ0v) is 16.9. The normalized spacial score (nSPS) is 16.9. The summed E-state index contributed by atoms with van der Waals surface area (Å²) in [6.07, 6.45) is 1.65. The molecule has 1 aliphatic heterocycles. The van der Waals surface area contributed by atoms with Crippen LogP contribution in [0.15, 0.2) is 60.7 Å². The average molecular weight is 395 g/mol. The molecule has 0 aliphatic carbocycles. The van der Waals surface area contributed by atoms with Crippen LogP contribution in [0.4, 0.5) is 5.69 Å². The standard InChI is InChI=1S/C23H26N2O2S/c1-2-22(26)25(18-9-4-3-5-10-18)19-12-14-24(15-13-19)23(27)21-16-17-8-6-7-11-20(17)28-21/h3-11,16,19,23,27H,2,12-15H2,1H3. The van der Waals surface area contributed by atoms with Gasteiger partial charge in [-0.05, 0) is 42.5 Å². The maximum Gasteiger partial charge on any atom is 0.226 e. The molecule has 0 spiro atoms. The number of hydrogen-bond donors (Lipinski definition) is 1. The molecule has 4 nitrogen and oxygen atoms in total. The number of carbonyl (C=O) groups is 1. The quantitative estimate of drug-likeness (QED) is 0.676. The molecule has 2 aromatic carbocycles. The fourth-order valence-corrected chi connectivity index (χ4v) is 5.10. The zero-order chi connectivity index (χ0) is 19.5. The van der Waals surface area contributed by atoms with Gasteiger partial charge < -0.3 is 10.0 Å². The van der Waals surface area contributed by atoms with Gasteiger partial charge >= 0.3 is 0 Å². The van der Waals surface area contributed by atoms with Gasteiger partial charge in [-0.3, -0.25) is 9.69 Å². The summed E-state index contributed by atoms with van der Waals surface area (Å²) in [6.45, 7) is 3.47. The van der Waals surface area contributed by atoms with Crippen molar-refractivity contribution in [2.24, 2.45) is 0 Å². The highest BCUT2D eigenvalue weighted by molar-refractivity contribution is 7.19. The van der Waals surface area contributed by atoms with Crippen molar-refractivity contribution in [3.05, 3.63) is 65.5 Å². The third-order valence-electron chi connectivity index (χ3n) is 5.51. The summed E-state index contributed by atoms with van der Waals surface area (Å²) in [5.41, 5.74) is 0.970. The highest BCUT2D eigenvalue weighted by Crippen LogP contribution is 2.33. The van der Waals surface area contributed by atoms with Crippen LogP contribution < -0.4 is 4.90 Å². The number of fused-ring (bicyclic) bond motifs is 1. The van der Waals surface area contributed by atoms with Gasteiger partial charge in [0.05, 0.1) is 0 Å². The third kappa shape index (κ3) is 3.83. The summed E-state index contributed by atoms with van der Waals surface area (Å²) < 4.78 is 1.20. The van der Waals surface area contributed by atoms with Crippen molar-refractivity contribution in [1.29, 1.82) is 0 Å². The lowest BCUT2D eigenvalue weighted by molar-refractivity contribution is -0.119. The number of nitrogens with zero attached hydrogens (tertiary/aromatic N) is 2. The van der Waals surface area contributed by atoms with E-state index in [4.69, 9.17) is 0 Å². The highest BCUT2D eigenvalue weighted by atomic mass is 32.1. The van der Waals surface area contributed by atoms with Gasteiger partial charge in [-0.25, -0.2) is 0 Å². The first-order valence-electron chi connectivity index (χ1n) is 9.95. The lowest BCUT2D eigenvalue weighted by Crippen LogP contribution is -2.48. The van der Waals surface area contributed by atoms with Crippen molar-refractivity contribution in [2.75, 3.05) is 18.0 Å². The fraction of sp³-hybridized carbons (Fsp3) is 0.348. The van der Waals surface area contributed by atoms with Crippen LogP contribution in [0.3, 0.4) is 0 Å². The Morgan fingerprint density at radius 2 is 1.82 bits per heavy atom. The van der Waals surface area contributed by atoms with Crippen LogP contribution in [-0.4, -0.2) is 35.0 Å². The third-order valence-corrected chi connectivity index (χ3v) is 6.67.